The largest absolute Gasteiger partial charge is 0.368 e. The molecule has 1 saturated heterocycles. The highest BCUT2D eigenvalue weighted by atomic mass is 32.2. The summed E-state index contributed by atoms with van der Waals surface area (Å²) in [5.41, 5.74) is 2.11. The van der Waals surface area contributed by atoms with E-state index in [-0.39, 0.29) is 0 Å². The summed E-state index contributed by atoms with van der Waals surface area (Å²) in [4.78, 5) is 8.83. The Labute approximate surface area is 111 Å². The number of anilines is 1. The highest BCUT2D eigenvalue weighted by Gasteiger charge is 2.14. The van der Waals surface area contributed by atoms with Crippen molar-refractivity contribution in [2.75, 3.05) is 23.4 Å². The molecule has 0 atom stereocenters. The van der Waals surface area contributed by atoms with Crippen LogP contribution in [0.2, 0.25) is 0 Å². The predicted octanol–water partition coefficient (Wildman–Crippen LogP) is 2.52. The molecule has 0 saturated carbocycles. The minimum Gasteiger partial charge on any atom is -0.368 e. The normalized spacial score (nSPS) is 17.2. The molecule has 1 fully saturated rings. The van der Waals surface area contributed by atoms with Gasteiger partial charge in [0.15, 0.2) is 5.82 Å². The lowest BCUT2D eigenvalue weighted by Gasteiger charge is -2.21. The first-order valence-electron chi connectivity index (χ1n) is 6.42. The first-order chi connectivity index (χ1) is 8.84. The van der Waals surface area contributed by atoms with E-state index in [9.17, 15) is 0 Å². The van der Waals surface area contributed by atoms with Crippen LogP contribution in [0.4, 0.5) is 5.82 Å². The summed E-state index contributed by atoms with van der Waals surface area (Å²) in [5, 5.41) is 3.47. The summed E-state index contributed by atoms with van der Waals surface area (Å²) in [6, 6.07) is 2.00. The third-order valence-electron chi connectivity index (χ3n) is 3.54. The highest BCUT2D eigenvalue weighted by Crippen LogP contribution is 2.24. The fourth-order valence-electron chi connectivity index (χ4n) is 2.38. The molecule has 18 heavy (non-hydrogen) atoms. The van der Waals surface area contributed by atoms with Crippen LogP contribution in [-0.2, 0) is 7.05 Å². The summed E-state index contributed by atoms with van der Waals surface area (Å²) >= 11 is 2.07. The van der Waals surface area contributed by atoms with Gasteiger partial charge in [-0.2, -0.15) is 11.8 Å². The second-order valence-electron chi connectivity index (χ2n) is 4.82. The van der Waals surface area contributed by atoms with Gasteiger partial charge in [-0.25, -0.2) is 9.97 Å². The van der Waals surface area contributed by atoms with E-state index < -0.39 is 0 Å². The zero-order chi connectivity index (χ0) is 12.4. The van der Waals surface area contributed by atoms with Gasteiger partial charge in [0.25, 0.3) is 0 Å². The molecule has 3 rings (SSSR count). The van der Waals surface area contributed by atoms with Gasteiger partial charge in [0, 0.05) is 19.8 Å². The minimum absolute atomic E-state index is 0.784. The van der Waals surface area contributed by atoms with E-state index in [0.29, 0.717) is 0 Å². The van der Waals surface area contributed by atoms with Crippen molar-refractivity contribution in [2.45, 2.75) is 12.8 Å². The van der Waals surface area contributed by atoms with E-state index in [2.05, 4.69) is 27.0 Å². The van der Waals surface area contributed by atoms with Crippen molar-refractivity contribution < 1.29 is 0 Å². The molecule has 0 radical (unpaired) electrons. The number of nitrogens with zero attached hydrogens (tertiary/aromatic N) is 3. The molecule has 96 valence electrons. The van der Waals surface area contributed by atoms with Gasteiger partial charge in [-0.1, -0.05) is 0 Å². The molecule has 1 aliphatic heterocycles. The Morgan fingerprint density at radius 2 is 2.22 bits per heavy atom. The Kier molecular flexibility index (Phi) is 3.41. The summed E-state index contributed by atoms with van der Waals surface area (Å²) in [6.07, 6.45) is 6.32. The smallest absolute Gasteiger partial charge is 0.154 e. The third kappa shape index (κ3) is 2.32. The lowest BCUT2D eigenvalue weighted by atomic mass is 10.0. The van der Waals surface area contributed by atoms with Crippen LogP contribution in [-0.4, -0.2) is 32.6 Å². The van der Waals surface area contributed by atoms with Crippen LogP contribution >= 0.6 is 11.8 Å². The number of thioether (sulfide) groups is 1. The van der Waals surface area contributed by atoms with Crippen molar-refractivity contribution in [1.29, 1.82) is 0 Å². The number of hydrogen-bond acceptors (Lipinski definition) is 4. The van der Waals surface area contributed by atoms with Crippen LogP contribution in [0.15, 0.2) is 18.6 Å². The van der Waals surface area contributed by atoms with Crippen molar-refractivity contribution in [2.24, 2.45) is 13.0 Å². The number of hydrogen-bond donors (Lipinski definition) is 1. The number of fused-ring (bicyclic) bond motifs is 1. The van der Waals surface area contributed by atoms with Gasteiger partial charge >= 0.3 is 0 Å². The average molecular weight is 262 g/mol. The zero-order valence-electron chi connectivity index (χ0n) is 10.6. The topological polar surface area (TPSA) is 42.7 Å². The van der Waals surface area contributed by atoms with Gasteiger partial charge in [0.2, 0.25) is 0 Å². The molecule has 0 aromatic carbocycles. The Morgan fingerprint density at radius 1 is 1.39 bits per heavy atom. The van der Waals surface area contributed by atoms with Crippen molar-refractivity contribution in [3.63, 3.8) is 0 Å². The molecule has 5 heteroatoms. The molecule has 2 aromatic heterocycles. The van der Waals surface area contributed by atoms with Crippen molar-refractivity contribution in [3.8, 4) is 0 Å². The molecular weight excluding hydrogens is 244 g/mol. The predicted molar refractivity (Wildman–Crippen MR) is 77.0 cm³/mol. The van der Waals surface area contributed by atoms with Crippen molar-refractivity contribution in [3.05, 3.63) is 18.6 Å². The molecule has 0 aliphatic carbocycles. The maximum Gasteiger partial charge on any atom is 0.154 e. The van der Waals surface area contributed by atoms with E-state index in [1.165, 1.54) is 24.3 Å². The minimum atomic E-state index is 0.784. The second kappa shape index (κ2) is 5.18. The van der Waals surface area contributed by atoms with Gasteiger partial charge in [-0.05, 0) is 36.3 Å². The van der Waals surface area contributed by atoms with Gasteiger partial charge in [-0.15, -0.1) is 0 Å². The summed E-state index contributed by atoms with van der Waals surface area (Å²) in [5.74, 6) is 4.31. The number of aryl methyl sites for hydroxylation is 1. The van der Waals surface area contributed by atoms with E-state index in [4.69, 9.17) is 0 Å². The maximum absolute atomic E-state index is 4.42. The quantitative estimate of drug-likeness (QED) is 0.923. The molecule has 3 heterocycles. The summed E-state index contributed by atoms with van der Waals surface area (Å²) in [7, 11) is 2.01. The number of aromatic nitrogens is 3. The Hall–Kier alpha value is -1.23. The van der Waals surface area contributed by atoms with Crippen LogP contribution in [0.1, 0.15) is 12.8 Å². The fourth-order valence-corrected chi connectivity index (χ4v) is 3.59. The number of rotatable bonds is 3. The fraction of sp³-hybridized carbons (Fsp3) is 0.538. The standard InChI is InChI=1S/C13H18N4S/c1-17-9-16-12-11(17)2-5-14-13(12)15-8-10-3-6-18-7-4-10/h2,5,9-10H,3-4,6-8H2,1H3,(H,14,15). The molecule has 4 nitrogen and oxygen atoms in total. The number of imidazole rings is 1. The van der Waals surface area contributed by atoms with Gasteiger partial charge in [0.05, 0.1) is 11.8 Å². The molecular formula is C13H18N4S. The average Bonchev–Trinajstić information content (AvgIpc) is 2.80. The van der Waals surface area contributed by atoms with E-state index in [1.54, 1.807) is 0 Å². The van der Waals surface area contributed by atoms with Crippen LogP contribution < -0.4 is 5.32 Å². The van der Waals surface area contributed by atoms with Crippen LogP contribution in [0.5, 0.6) is 0 Å². The van der Waals surface area contributed by atoms with Crippen LogP contribution in [0.3, 0.4) is 0 Å². The molecule has 2 aromatic rings. The molecule has 0 spiro atoms. The molecule has 0 amide bonds. The monoisotopic (exact) mass is 262 g/mol. The highest BCUT2D eigenvalue weighted by molar-refractivity contribution is 7.99. The number of nitrogens with one attached hydrogen (secondary N) is 1. The lowest BCUT2D eigenvalue weighted by molar-refractivity contribution is 0.515. The first kappa shape index (κ1) is 11.8. The summed E-state index contributed by atoms with van der Waals surface area (Å²) < 4.78 is 2.03. The van der Waals surface area contributed by atoms with Crippen molar-refractivity contribution >= 4 is 28.6 Å². The second-order valence-corrected chi connectivity index (χ2v) is 6.04. The molecule has 0 unspecified atom stereocenters. The molecule has 1 aliphatic rings. The first-order valence-corrected chi connectivity index (χ1v) is 7.57. The molecule has 0 bridgehead atoms. The van der Waals surface area contributed by atoms with E-state index in [1.807, 2.05) is 30.2 Å². The van der Waals surface area contributed by atoms with E-state index >= 15 is 0 Å². The summed E-state index contributed by atoms with van der Waals surface area (Å²) in [6.45, 7) is 1.02. The Morgan fingerprint density at radius 3 is 3.06 bits per heavy atom. The van der Waals surface area contributed by atoms with Crippen molar-refractivity contribution in [1.82, 2.24) is 14.5 Å². The van der Waals surface area contributed by atoms with E-state index in [0.717, 1.165) is 29.3 Å². The zero-order valence-corrected chi connectivity index (χ0v) is 11.4. The Bertz CT molecular complexity index is 531. The van der Waals surface area contributed by atoms with Gasteiger partial charge in [0.1, 0.15) is 5.52 Å². The third-order valence-corrected chi connectivity index (χ3v) is 4.59. The van der Waals surface area contributed by atoms with Crippen LogP contribution in [0.25, 0.3) is 11.0 Å². The van der Waals surface area contributed by atoms with Crippen LogP contribution in [0, 0.1) is 5.92 Å². The van der Waals surface area contributed by atoms with Gasteiger partial charge in [-0.3, -0.25) is 0 Å². The maximum atomic E-state index is 4.42. The molecule has 1 N–H and O–H groups in total. The number of pyridine rings is 1. The Balaban J connectivity index is 1.74. The van der Waals surface area contributed by atoms with Gasteiger partial charge < -0.3 is 9.88 Å². The lowest BCUT2D eigenvalue weighted by Crippen LogP contribution is -2.19. The SMILES string of the molecule is Cn1cnc2c(NCC3CCSCC3)nccc21.